The number of benzene rings is 7. The number of furan rings is 1. The van der Waals surface area contributed by atoms with E-state index in [0.29, 0.717) is 0 Å². The van der Waals surface area contributed by atoms with Gasteiger partial charge in [0.05, 0.1) is 5.69 Å². The minimum Gasteiger partial charge on any atom is -0.454 e. The molecule has 0 spiro atoms. The smallest absolute Gasteiger partial charge is 0.159 e. The molecule has 44 heavy (non-hydrogen) atoms. The highest BCUT2D eigenvalue weighted by molar-refractivity contribution is 6.10. The SMILES string of the molecule is c1ccc(-c2ccc(-c3ccc(N(c4ccccc4)c4cccc5c4oc4ccccc45)cc3)cc2-c2ccccc2)cc1. The molecule has 0 saturated carbocycles. The van der Waals surface area contributed by atoms with Crippen molar-refractivity contribution < 1.29 is 4.42 Å². The lowest BCUT2D eigenvalue weighted by Crippen LogP contribution is -2.10. The van der Waals surface area contributed by atoms with E-state index in [0.717, 1.165) is 39.0 Å². The normalized spacial score (nSPS) is 11.2. The summed E-state index contributed by atoms with van der Waals surface area (Å²) >= 11 is 0. The molecule has 1 heterocycles. The maximum Gasteiger partial charge on any atom is 0.159 e. The second-order valence-corrected chi connectivity index (χ2v) is 11.0. The van der Waals surface area contributed by atoms with Gasteiger partial charge in [-0.3, -0.25) is 0 Å². The maximum absolute atomic E-state index is 6.46. The molecule has 0 unspecified atom stereocenters. The first kappa shape index (κ1) is 25.8. The molecule has 208 valence electrons. The molecule has 0 aliphatic rings. The van der Waals surface area contributed by atoms with Gasteiger partial charge in [-0.25, -0.2) is 0 Å². The van der Waals surface area contributed by atoms with Gasteiger partial charge in [-0.15, -0.1) is 0 Å². The topological polar surface area (TPSA) is 16.4 Å². The van der Waals surface area contributed by atoms with Crippen LogP contribution in [0.4, 0.5) is 17.1 Å². The predicted octanol–water partition coefficient (Wildman–Crippen LogP) is 12.1. The molecule has 0 aliphatic carbocycles. The van der Waals surface area contributed by atoms with Crippen LogP contribution in [0.3, 0.4) is 0 Å². The van der Waals surface area contributed by atoms with Crippen LogP contribution in [0.15, 0.2) is 180 Å². The van der Waals surface area contributed by atoms with E-state index in [9.17, 15) is 0 Å². The highest BCUT2D eigenvalue weighted by Gasteiger charge is 2.19. The number of fused-ring (bicyclic) bond motifs is 3. The zero-order valence-electron chi connectivity index (χ0n) is 24.1. The Bertz CT molecular complexity index is 2200. The lowest BCUT2D eigenvalue weighted by Gasteiger charge is -2.25. The van der Waals surface area contributed by atoms with E-state index in [2.05, 4.69) is 169 Å². The third-order valence-corrected chi connectivity index (χ3v) is 8.29. The Balaban J connectivity index is 1.24. The standard InChI is InChI=1S/C42H29NO/c1-4-13-31(14-5-1)36-28-25-33(29-39(36)32-15-6-2-7-16-32)30-23-26-35(27-24-30)43(34-17-8-3-9-18-34)40-21-12-20-38-37-19-10-11-22-41(37)44-42(38)40/h1-29H. The minimum absolute atomic E-state index is 0.880. The largest absolute Gasteiger partial charge is 0.454 e. The number of anilines is 3. The van der Waals surface area contributed by atoms with Gasteiger partial charge in [-0.2, -0.15) is 0 Å². The van der Waals surface area contributed by atoms with Crippen LogP contribution in [0, 0.1) is 0 Å². The molecule has 0 amide bonds. The Morgan fingerprint density at radius 3 is 1.66 bits per heavy atom. The van der Waals surface area contributed by atoms with Crippen molar-refractivity contribution in [2.45, 2.75) is 0 Å². The summed E-state index contributed by atoms with van der Waals surface area (Å²) < 4.78 is 6.46. The molecule has 8 aromatic rings. The Morgan fingerprint density at radius 2 is 0.932 bits per heavy atom. The Labute approximate surface area is 257 Å². The van der Waals surface area contributed by atoms with Crippen LogP contribution >= 0.6 is 0 Å². The van der Waals surface area contributed by atoms with Crippen molar-refractivity contribution >= 4 is 39.0 Å². The molecule has 1 aromatic heterocycles. The number of rotatable bonds is 6. The van der Waals surface area contributed by atoms with Crippen molar-refractivity contribution in [1.82, 2.24) is 0 Å². The van der Waals surface area contributed by atoms with E-state index >= 15 is 0 Å². The highest BCUT2D eigenvalue weighted by atomic mass is 16.3. The summed E-state index contributed by atoms with van der Waals surface area (Å²) in [6.07, 6.45) is 0. The van der Waals surface area contributed by atoms with Crippen molar-refractivity contribution in [2.75, 3.05) is 4.90 Å². The van der Waals surface area contributed by atoms with Crippen LogP contribution in [-0.2, 0) is 0 Å². The molecule has 0 bridgehead atoms. The summed E-state index contributed by atoms with van der Waals surface area (Å²) in [4.78, 5) is 2.28. The average molecular weight is 564 g/mol. The second kappa shape index (κ2) is 11.1. The van der Waals surface area contributed by atoms with E-state index in [1.165, 1.54) is 33.4 Å². The van der Waals surface area contributed by atoms with Crippen molar-refractivity contribution in [3.05, 3.63) is 176 Å². The molecule has 0 fully saturated rings. The van der Waals surface area contributed by atoms with Gasteiger partial charge in [0.1, 0.15) is 5.58 Å². The van der Waals surface area contributed by atoms with Crippen LogP contribution in [0.25, 0.3) is 55.3 Å². The Morgan fingerprint density at radius 1 is 0.364 bits per heavy atom. The number of hydrogen-bond donors (Lipinski definition) is 0. The van der Waals surface area contributed by atoms with Gasteiger partial charge in [0.25, 0.3) is 0 Å². The van der Waals surface area contributed by atoms with E-state index in [1.54, 1.807) is 0 Å². The average Bonchev–Trinajstić information content (AvgIpc) is 3.49. The molecular weight excluding hydrogens is 534 g/mol. The summed E-state index contributed by atoms with van der Waals surface area (Å²) in [5.74, 6) is 0. The van der Waals surface area contributed by atoms with Crippen LogP contribution in [0.2, 0.25) is 0 Å². The number of para-hydroxylation sites is 3. The first-order valence-corrected chi connectivity index (χ1v) is 14.9. The molecule has 0 N–H and O–H groups in total. The quantitative estimate of drug-likeness (QED) is 0.200. The van der Waals surface area contributed by atoms with Crippen molar-refractivity contribution in [2.24, 2.45) is 0 Å². The van der Waals surface area contributed by atoms with Gasteiger partial charge in [0, 0.05) is 22.1 Å². The summed E-state index contributed by atoms with van der Waals surface area (Å²) in [6.45, 7) is 0. The molecule has 2 nitrogen and oxygen atoms in total. The van der Waals surface area contributed by atoms with Crippen LogP contribution < -0.4 is 4.90 Å². The fraction of sp³-hybridized carbons (Fsp3) is 0. The molecule has 0 saturated heterocycles. The first-order valence-electron chi connectivity index (χ1n) is 14.9. The summed E-state index contributed by atoms with van der Waals surface area (Å²) in [6, 6.07) is 62.0. The van der Waals surface area contributed by atoms with E-state index in [4.69, 9.17) is 4.42 Å². The van der Waals surface area contributed by atoms with Gasteiger partial charge in [-0.05, 0) is 75.8 Å². The van der Waals surface area contributed by atoms with Gasteiger partial charge in [0.15, 0.2) is 5.58 Å². The van der Waals surface area contributed by atoms with Gasteiger partial charge >= 0.3 is 0 Å². The molecule has 0 atom stereocenters. The zero-order valence-corrected chi connectivity index (χ0v) is 24.1. The fourth-order valence-corrected chi connectivity index (χ4v) is 6.17. The van der Waals surface area contributed by atoms with Crippen LogP contribution in [-0.4, -0.2) is 0 Å². The van der Waals surface area contributed by atoms with Crippen LogP contribution in [0.5, 0.6) is 0 Å². The number of nitrogens with zero attached hydrogens (tertiary/aromatic N) is 1. The van der Waals surface area contributed by atoms with Crippen molar-refractivity contribution in [3.8, 4) is 33.4 Å². The lowest BCUT2D eigenvalue weighted by atomic mass is 9.91. The number of hydrogen-bond acceptors (Lipinski definition) is 2. The maximum atomic E-state index is 6.46. The van der Waals surface area contributed by atoms with Gasteiger partial charge < -0.3 is 9.32 Å². The van der Waals surface area contributed by atoms with Gasteiger partial charge in [0.2, 0.25) is 0 Å². The van der Waals surface area contributed by atoms with Crippen molar-refractivity contribution in [1.29, 1.82) is 0 Å². The molecule has 8 rings (SSSR count). The zero-order chi connectivity index (χ0) is 29.3. The lowest BCUT2D eigenvalue weighted by molar-refractivity contribution is 0.669. The van der Waals surface area contributed by atoms with Crippen molar-refractivity contribution in [3.63, 3.8) is 0 Å². The third-order valence-electron chi connectivity index (χ3n) is 8.29. The fourth-order valence-electron chi connectivity index (χ4n) is 6.17. The molecule has 0 radical (unpaired) electrons. The highest BCUT2D eigenvalue weighted by Crippen LogP contribution is 2.42. The summed E-state index contributed by atoms with van der Waals surface area (Å²) in [5.41, 5.74) is 12.1. The Kier molecular flexibility index (Phi) is 6.51. The first-order chi connectivity index (χ1) is 21.8. The second-order valence-electron chi connectivity index (χ2n) is 11.0. The molecule has 7 aromatic carbocycles. The molecule has 0 aliphatic heterocycles. The molecule has 2 heteroatoms. The monoisotopic (exact) mass is 563 g/mol. The predicted molar refractivity (Wildman–Crippen MR) is 185 cm³/mol. The van der Waals surface area contributed by atoms with Crippen LogP contribution in [0.1, 0.15) is 0 Å². The Hall–Kier alpha value is -5.86. The van der Waals surface area contributed by atoms with E-state index in [-0.39, 0.29) is 0 Å². The van der Waals surface area contributed by atoms with E-state index < -0.39 is 0 Å². The third kappa shape index (κ3) is 4.63. The van der Waals surface area contributed by atoms with Gasteiger partial charge in [-0.1, -0.05) is 133 Å². The summed E-state index contributed by atoms with van der Waals surface area (Å²) in [5, 5.41) is 2.24. The minimum atomic E-state index is 0.880. The van der Waals surface area contributed by atoms with E-state index in [1.807, 2.05) is 12.1 Å². The molecular formula is C42H29NO. The summed E-state index contributed by atoms with van der Waals surface area (Å²) in [7, 11) is 0.